The topological polar surface area (TPSA) is 30.0 Å². The number of carbonyl (C=O) groups excluding carboxylic acids is 1. The van der Waals surface area contributed by atoms with Gasteiger partial charge in [0.25, 0.3) is 0 Å². The van der Waals surface area contributed by atoms with Crippen LogP contribution in [-0.2, 0) is 0 Å². The molecule has 0 saturated carbocycles. The van der Waals surface area contributed by atoms with Crippen molar-refractivity contribution in [3.8, 4) is 12.3 Å². The summed E-state index contributed by atoms with van der Waals surface area (Å²) in [6, 6.07) is 0. The van der Waals surface area contributed by atoms with Crippen LogP contribution in [0.1, 0.15) is 14.7 Å². The molecule has 1 heterocycles. The van der Waals surface area contributed by atoms with Crippen LogP contribution in [0.3, 0.4) is 0 Å². The quantitative estimate of drug-likeness (QED) is 0.426. The molecule has 0 amide bonds. The molecule has 1 rings (SSSR count). The van der Waals surface area contributed by atoms with E-state index in [1.54, 1.807) is 0 Å². The van der Waals surface area contributed by atoms with Crippen molar-refractivity contribution < 1.29 is 4.79 Å². The Morgan fingerprint density at radius 2 is 2.67 bits per heavy atom. The SMILES string of the molecule is C#Cc1cnc(C=O)s1. The smallest absolute Gasteiger partial charge is 0.178 e. The minimum absolute atomic E-state index is 0.433. The third-order valence-corrected chi connectivity index (χ3v) is 1.62. The molecule has 1 aromatic rings. The number of thiazole rings is 1. The first-order valence-electron chi connectivity index (χ1n) is 2.24. The van der Waals surface area contributed by atoms with Crippen LogP contribution >= 0.6 is 11.3 Å². The van der Waals surface area contributed by atoms with Crippen LogP contribution in [0.15, 0.2) is 6.20 Å². The fourth-order valence-corrected chi connectivity index (χ4v) is 0.952. The van der Waals surface area contributed by atoms with E-state index in [0.717, 1.165) is 0 Å². The second-order valence-electron chi connectivity index (χ2n) is 1.32. The van der Waals surface area contributed by atoms with Gasteiger partial charge in [-0.3, -0.25) is 4.79 Å². The summed E-state index contributed by atoms with van der Waals surface area (Å²) in [6.07, 6.45) is 7.22. The molecule has 3 heteroatoms. The maximum Gasteiger partial charge on any atom is 0.178 e. The lowest BCUT2D eigenvalue weighted by Gasteiger charge is -1.68. The number of nitrogens with zero attached hydrogens (tertiary/aromatic N) is 1. The van der Waals surface area contributed by atoms with Gasteiger partial charge in [-0.25, -0.2) is 4.98 Å². The van der Waals surface area contributed by atoms with Gasteiger partial charge in [0, 0.05) is 0 Å². The van der Waals surface area contributed by atoms with E-state index in [0.29, 0.717) is 16.2 Å². The molecule has 1 aromatic heterocycles. The highest BCUT2D eigenvalue weighted by molar-refractivity contribution is 7.13. The van der Waals surface area contributed by atoms with Crippen molar-refractivity contribution in [3.05, 3.63) is 16.1 Å². The fraction of sp³-hybridized carbons (Fsp3) is 0. The first-order chi connectivity index (χ1) is 4.36. The first-order valence-corrected chi connectivity index (χ1v) is 3.06. The summed E-state index contributed by atoms with van der Waals surface area (Å²) in [7, 11) is 0. The van der Waals surface area contributed by atoms with Crippen molar-refractivity contribution in [2.75, 3.05) is 0 Å². The van der Waals surface area contributed by atoms with Crippen molar-refractivity contribution in [1.82, 2.24) is 4.98 Å². The number of hydrogen-bond donors (Lipinski definition) is 0. The van der Waals surface area contributed by atoms with Crippen LogP contribution in [0.25, 0.3) is 0 Å². The lowest BCUT2D eigenvalue weighted by Crippen LogP contribution is -1.69. The Morgan fingerprint density at radius 1 is 1.89 bits per heavy atom. The molecule has 0 spiro atoms. The van der Waals surface area contributed by atoms with Gasteiger partial charge in [-0.05, 0) is 0 Å². The second kappa shape index (κ2) is 2.42. The lowest BCUT2D eigenvalue weighted by atomic mass is 10.6. The van der Waals surface area contributed by atoms with E-state index in [4.69, 9.17) is 6.42 Å². The predicted octanol–water partition coefficient (Wildman–Crippen LogP) is 0.937. The molecule has 0 N–H and O–H groups in total. The highest BCUT2D eigenvalue weighted by atomic mass is 32.1. The summed E-state index contributed by atoms with van der Waals surface area (Å²) in [4.78, 5) is 14.4. The van der Waals surface area contributed by atoms with Gasteiger partial charge in [0.2, 0.25) is 0 Å². The van der Waals surface area contributed by atoms with Crippen molar-refractivity contribution in [3.63, 3.8) is 0 Å². The number of aldehydes is 1. The van der Waals surface area contributed by atoms with Gasteiger partial charge < -0.3 is 0 Å². The standard InChI is InChI=1S/C6H3NOS/c1-2-5-3-7-6(4-8)9-5/h1,3-4H. The summed E-state index contributed by atoms with van der Waals surface area (Å²) in [5.74, 6) is 2.38. The second-order valence-corrected chi connectivity index (χ2v) is 2.39. The summed E-state index contributed by atoms with van der Waals surface area (Å²) < 4.78 is 0. The first kappa shape index (κ1) is 5.99. The summed E-state index contributed by atoms with van der Waals surface area (Å²) in [5.41, 5.74) is 0. The van der Waals surface area contributed by atoms with E-state index >= 15 is 0 Å². The fourth-order valence-electron chi connectivity index (χ4n) is 0.409. The third kappa shape index (κ3) is 1.15. The largest absolute Gasteiger partial charge is 0.295 e. The average molecular weight is 137 g/mol. The van der Waals surface area contributed by atoms with Gasteiger partial charge in [-0.2, -0.15) is 0 Å². The van der Waals surface area contributed by atoms with E-state index < -0.39 is 0 Å². The molecule has 0 bridgehead atoms. The number of rotatable bonds is 1. The zero-order valence-electron chi connectivity index (χ0n) is 4.50. The van der Waals surface area contributed by atoms with Gasteiger partial charge in [-0.15, -0.1) is 17.8 Å². The van der Waals surface area contributed by atoms with Crippen molar-refractivity contribution in [2.24, 2.45) is 0 Å². The molecule has 44 valence electrons. The Hall–Kier alpha value is -1.14. The lowest BCUT2D eigenvalue weighted by molar-refractivity contribution is 0.112. The molecule has 0 saturated heterocycles. The molecular weight excluding hydrogens is 134 g/mol. The average Bonchev–Trinajstić information content (AvgIpc) is 2.34. The van der Waals surface area contributed by atoms with Gasteiger partial charge in [0.1, 0.15) is 0 Å². The molecule has 9 heavy (non-hydrogen) atoms. The van der Waals surface area contributed by atoms with Gasteiger partial charge in [-0.1, -0.05) is 5.92 Å². The minimum Gasteiger partial charge on any atom is -0.295 e. The van der Waals surface area contributed by atoms with E-state index in [-0.39, 0.29) is 0 Å². The summed E-state index contributed by atoms with van der Waals surface area (Å²) in [5, 5.41) is 0.433. The van der Waals surface area contributed by atoms with Gasteiger partial charge >= 0.3 is 0 Å². The Balaban J connectivity index is 3.03. The number of aromatic nitrogens is 1. The van der Waals surface area contributed by atoms with Crippen LogP contribution < -0.4 is 0 Å². The van der Waals surface area contributed by atoms with Crippen LogP contribution in [0, 0.1) is 12.3 Å². The van der Waals surface area contributed by atoms with Crippen molar-refractivity contribution >= 4 is 17.6 Å². The minimum atomic E-state index is 0.433. The Morgan fingerprint density at radius 3 is 3.00 bits per heavy atom. The number of hydrogen-bond acceptors (Lipinski definition) is 3. The van der Waals surface area contributed by atoms with E-state index in [9.17, 15) is 4.79 Å². The highest BCUT2D eigenvalue weighted by Gasteiger charge is 1.94. The molecule has 0 aromatic carbocycles. The molecular formula is C6H3NOS. The zero-order valence-corrected chi connectivity index (χ0v) is 5.31. The molecule has 0 aliphatic rings. The highest BCUT2D eigenvalue weighted by Crippen LogP contribution is 2.07. The molecule has 0 radical (unpaired) electrons. The normalized spacial score (nSPS) is 8.33. The van der Waals surface area contributed by atoms with Crippen LogP contribution in [-0.4, -0.2) is 11.3 Å². The Bertz CT molecular complexity index is 258. The van der Waals surface area contributed by atoms with E-state index in [1.807, 2.05) is 0 Å². The van der Waals surface area contributed by atoms with E-state index in [1.165, 1.54) is 17.5 Å². The predicted molar refractivity (Wildman–Crippen MR) is 35.4 cm³/mol. The van der Waals surface area contributed by atoms with E-state index in [2.05, 4.69) is 10.9 Å². The maximum absolute atomic E-state index is 10.0. The molecule has 0 aliphatic heterocycles. The molecule has 0 atom stereocenters. The molecule has 0 unspecified atom stereocenters. The molecule has 2 nitrogen and oxygen atoms in total. The molecule has 0 aliphatic carbocycles. The summed E-state index contributed by atoms with van der Waals surface area (Å²) in [6.45, 7) is 0. The van der Waals surface area contributed by atoms with Gasteiger partial charge in [0.15, 0.2) is 11.3 Å². The Kier molecular flexibility index (Phi) is 1.61. The van der Waals surface area contributed by atoms with Crippen LogP contribution in [0.5, 0.6) is 0 Å². The monoisotopic (exact) mass is 137 g/mol. The Labute approximate surface area is 56.5 Å². The van der Waals surface area contributed by atoms with Crippen LogP contribution in [0.2, 0.25) is 0 Å². The van der Waals surface area contributed by atoms with Crippen molar-refractivity contribution in [2.45, 2.75) is 0 Å². The number of carbonyl (C=O) groups is 1. The molecule has 0 fully saturated rings. The zero-order chi connectivity index (χ0) is 6.69. The third-order valence-electron chi connectivity index (χ3n) is 0.767. The number of terminal acetylenes is 1. The van der Waals surface area contributed by atoms with Crippen LogP contribution in [0.4, 0.5) is 0 Å². The maximum atomic E-state index is 10.0. The van der Waals surface area contributed by atoms with Crippen molar-refractivity contribution in [1.29, 1.82) is 0 Å². The van der Waals surface area contributed by atoms with Gasteiger partial charge in [0.05, 0.1) is 11.1 Å². The summed E-state index contributed by atoms with van der Waals surface area (Å²) >= 11 is 1.22.